The average Bonchev–Trinajstić information content (AvgIpc) is 2.49. The van der Waals surface area contributed by atoms with Crippen LogP contribution in [-0.2, 0) is 10.4 Å². The standard InChI is InChI=1S/C16H16N2O/c17-16(14-9-5-2-6-10-14)11-15(18-19-12-16)13-7-3-1-4-8-13/h1-10H,11-12,17H2/t16-/m1/s1. The fourth-order valence-corrected chi connectivity index (χ4v) is 2.35. The minimum atomic E-state index is -0.506. The Kier molecular flexibility index (Phi) is 3.05. The number of hydrogen-bond donors (Lipinski definition) is 1. The van der Waals surface area contributed by atoms with E-state index >= 15 is 0 Å². The average molecular weight is 252 g/mol. The van der Waals surface area contributed by atoms with Crippen LogP contribution in [0.25, 0.3) is 0 Å². The molecule has 3 nitrogen and oxygen atoms in total. The smallest absolute Gasteiger partial charge is 0.139 e. The van der Waals surface area contributed by atoms with Gasteiger partial charge in [0, 0.05) is 6.42 Å². The molecule has 0 aliphatic carbocycles. The molecule has 2 N–H and O–H groups in total. The summed E-state index contributed by atoms with van der Waals surface area (Å²) in [4.78, 5) is 5.37. The largest absolute Gasteiger partial charge is 0.393 e. The molecule has 0 bridgehead atoms. The monoisotopic (exact) mass is 252 g/mol. The summed E-state index contributed by atoms with van der Waals surface area (Å²) in [6, 6.07) is 20.1. The van der Waals surface area contributed by atoms with Gasteiger partial charge in [0.1, 0.15) is 6.61 Å². The summed E-state index contributed by atoms with van der Waals surface area (Å²) in [6.07, 6.45) is 0.682. The SMILES string of the molecule is N[C@@]1(c2ccccc2)CON=C(c2ccccc2)C1. The zero-order valence-corrected chi connectivity index (χ0v) is 10.6. The van der Waals surface area contributed by atoms with Crippen molar-refractivity contribution in [3.05, 3.63) is 71.8 Å². The van der Waals surface area contributed by atoms with E-state index in [1.165, 1.54) is 0 Å². The number of nitrogens with two attached hydrogens (primary N) is 1. The minimum Gasteiger partial charge on any atom is -0.393 e. The Balaban J connectivity index is 1.91. The highest BCUT2D eigenvalue weighted by molar-refractivity contribution is 6.01. The van der Waals surface area contributed by atoms with Gasteiger partial charge in [-0.15, -0.1) is 0 Å². The Morgan fingerprint density at radius 3 is 2.26 bits per heavy atom. The first kappa shape index (κ1) is 11.9. The molecule has 96 valence electrons. The van der Waals surface area contributed by atoms with Crippen molar-refractivity contribution in [3.8, 4) is 0 Å². The Hall–Kier alpha value is -2.13. The zero-order valence-electron chi connectivity index (χ0n) is 10.6. The third kappa shape index (κ3) is 2.37. The molecular weight excluding hydrogens is 236 g/mol. The summed E-state index contributed by atoms with van der Waals surface area (Å²) < 4.78 is 0. The highest BCUT2D eigenvalue weighted by atomic mass is 16.6. The molecule has 1 aliphatic heterocycles. The topological polar surface area (TPSA) is 47.6 Å². The second-order valence-electron chi connectivity index (χ2n) is 4.88. The van der Waals surface area contributed by atoms with Gasteiger partial charge in [-0.3, -0.25) is 0 Å². The molecule has 0 saturated carbocycles. The van der Waals surface area contributed by atoms with Crippen molar-refractivity contribution in [2.45, 2.75) is 12.0 Å². The van der Waals surface area contributed by atoms with Gasteiger partial charge in [0.2, 0.25) is 0 Å². The first-order valence-electron chi connectivity index (χ1n) is 6.37. The zero-order chi connectivity index (χ0) is 13.1. The van der Waals surface area contributed by atoms with Crippen molar-refractivity contribution in [2.75, 3.05) is 6.61 Å². The summed E-state index contributed by atoms with van der Waals surface area (Å²) in [6.45, 7) is 0.410. The quantitative estimate of drug-likeness (QED) is 0.893. The van der Waals surface area contributed by atoms with E-state index in [4.69, 9.17) is 10.6 Å². The molecule has 2 aromatic carbocycles. The Morgan fingerprint density at radius 1 is 0.947 bits per heavy atom. The molecule has 3 rings (SSSR count). The van der Waals surface area contributed by atoms with E-state index in [-0.39, 0.29) is 0 Å². The summed E-state index contributed by atoms with van der Waals surface area (Å²) in [5.41, 5.74) is 9.04. The maximum absolute atomic E-state index is 6.50. The maximum atomic E-state index is 6.50. The molecule has 0 radical (unpaired) electrons. The lowest BCUT2D eigenvalue weighted by molar-refractivity contribution is 0.0775. The van der Waals surface area contributed by atoms with Crippen LogP contribution in [-0.4, -0.2) is 12.3 Å². The second kappa shape index (κ2) is 4.86. The van der Waals surface area contributed by atoms with Gasteiger partial charge in [0.25, 0.3) is 0 Å². The van der Waals surface area contributed by atoms with Gasteiger partial charge in [0.15, 0.2) is 0 Å². The number of rotatable bonds is 2. The molecule has 0 fully saturated rings. The van der Waals surface area contributed by atoms with E-state index in [1.807, 2.05) is 60.7 Å². The fourth-order valence-electron chi connectivity index (χ4n) is 2.35. The maximum Gasteiger partial charge on any atom is 0.139 e. The molecule has 0 saturated heterocycles. The van der Waals surface area contributed by atoms with Gasteiger partial charge < -0.3 is 10.6 Å². The van der Waals surface area contributed by atoms with Crippen LogP contribution in [0.15, 0.2) is 65.8 Å². The molecule has 19 heavy (non-hydrogen) atoms. The summed E-state index contributed by atoms with van der Waals surface area (Å²) >= 11 is 0. The highest BCUT2D eigenvalue weighted by Crippen LogP contribution is 2.28. The number of oxime groups is 1. The first-order valence-corrected chi connectivity index (χ1v) is 6.37. The van der Waals surface area contributed by atoms with Gasteiger partial charge >= 0.3 is 0 Å². The molecule has 0 amide bonds. The van der Waals surface area contributed by atoms with E-state index < -0.39 is 5.54 Å². The molecular formula is C16H16N2O. The van der Waals surface area contributed by atoms with Gasteiger partial charge in [-0.05, 0) is 11.1 Å². The second-order valence-corrected chi connectivity index (χ2v) is 4.88. The van der Waals surface area contributed by atoms with Crippen LogP contribution in [0.5, 0.6) is 0 Å². The summed E-state index contributed by atoms with van der Waals surface area (Å²) in [5, 5.41) is 4.16. The van der Waals surface area contributed by atoms with Crippen molar-refractivity contribution >= 4 is 5.71 Å². The number of hydrogen-bond acceptors (Lipinski definition) is 3. The molecule has 1 aliphatic rings. The summed E-state index contributed by atoms with van der Waals surface area (Å²) in [5.74, 6) is 0. The van der Waals surface area contributed by atoms with Crippen molar-refractivity contribution in [1.82, 2.24) is 0 Å². The van der Waals surface area contributed by atoms with E-state index in [0.717, 1.165) is 16.8 Å². The van der Waals surface area contributed by atoms with Gasteiger partial charge in [-0.25, -0.2) is 0 Å². The van der Waals surface area contributed by atoms with Crippen molar-refractivity contribution in [1.29, 1.82) is 0 Å². The normalized spacial score (nSPS) is 22.5. The lowest BCUT2D eigenvalue weighted by Gasteiger charge is -2.32. The van der Waals surface area contributed by atoms with E-state index in [1.54, 1.807) is 0 Å². The van der Waals surface area contributed by atoms with Crippen LogP contribution in [0.2, 0.25) is 0 Å². The number of nitrogens with zero attached hydrogens (tertiary/aromatic N) is 1. The Labute approximate surface area is 112 Å². The Bertz CT molecular complexity index is 580. The van der Waals surface area contributed by atoms with Crippen LogP contribution < -0.4 is 5.73 Å². The molecule has 0 aromatic heterocycles. The summed E-state index contributed by atoms with van der Waals surface area (Å²) in [7, 11) is 0. The fraction of sp³-hybridized carbons (Fsp3) is 0.188. The van der Waals surface area contributed by atoms with E-state index in [2.05, 4.69) is 5.16 Å². The van der Waals surface area contributed by atoms with E-state index in [9.17, 15) is 0 Å². The predicted octanol–water partition coefficient (Wildman–Crippen LogP) is 2.67. The number of benzene rings is 2. The molecule has 2 aromatic rings. The Morgan fingerprint density at radius 2 is 1.58 bits per heavy atom. The molecule has 0 spiro atoms. The first-order chi connectivity index (χ1) is 9.28. The van der Waals surface area contributed by atoms with Gasteiger partial charge in [-0.1, -0.05) is 65.8 Å². The van der Waals surface area contributed by atoms with Gasteiger partial charge in [0.05, 0.1) is 11.3 Å². The third-order valence-electron chi connectivity index (χ3n) is 3.44. The molecule has 0 unspecified atom stereocenters. The van der Waals surface area contributed by atoms with Crippen molar-refractivity contribution in [2.24, 2.45) is 10.9 Å². The van der Waals surface area contributed by atoms with Crippen LogP contribution >= 0.6 is 0 Å². The highest BCUT2D eigenvalue weighted by Gasteiger charge is 2.33. The van der Waals surface area contributed by atoms with Crippen LogP contribution in [0.1, 0.15) is 17.5 Å². The van der Waals surface area contributed by atoms with E-state index in [0.29, 0.717) is 13.0 Å². The molecule has 1 heterocycles. The van der Waals surface area contributed by atoms with Gasteiger partial charge in [-0.2, -0.15) is 0 Å². The lowest BCUT2D eigenvalue weighted by Crippen LogP contribution is -2.45. The van der Waals surface area contributed by atoms with Crippen molar-refractivity contribution < 1.29 is 4.84 Å². The van der Waals surface area contributed by atoms with Crippen molar-refractivity contribution in [3.63, 3.8) is 0 Å². The van der Waals surface area contributed by atoms with Crippen LogP contribution in [0.3, 0.4) is 0 Å². The minimum absolute atomic E-state index is 0.410. The molecule has 1 atom stereocenters. The lowest BCUT2D eigenvalue weighted by atomic mass is 9.84. The molecule has 3 heteroatoms. The third-order valence-corrected chi connectivity index (χ3v) is 3.44. The van der Waals surface area contributed by atoms with Crippen LogP contribution in [0, 0.1) is 0 Å². The predicted molar refractivity (Wildman–Crippen MR) is 75.9 cm³/mol. The van der Waals surface area contributed by atoms with Crippen LogP contribution in [0.4, 0.5) is 0 Å².